The second kappa shape index (κ2) is 3.68. The molecule has 0 radical (unpaired) electrons. The summed E-state index contributed by atoms with van der Waals surface area (Å²) >= 11 is 5.40. The number of rotatable bonds is 1. The lowest BCUT2D eigenvalue weighted by Crippen LogP contribution is -2.42. The summed E-state index contributed by atoms with van der Waals surface area (Å²) in [5.74, 6) is -1.12. The molecule has 0 aliphatic carbocycles. The average molecular weight is 261 g/mol. The van der Waals surface area contributed by atoms with Crippen LogP contribution in [0.5, 0.6) is 0 Å². The van der Waals surface area contributed by atoms with Gasteiger partial charge in [-0.25, -0.2) is 4.79 Å². The summed E-state index contributed by atoms with van der Waals surface area (Å²) in [6, 6.07) is -0.378. The van der Waals surface area contributed by atoms with Crippen molar-refractivity contribution in [3.05, 3.63) is 31.8 Å². The van der Waals surface area contributed by atoms with Crippen LogP contribution in [0.3, 0.4) is 0 Å². The van der Waals surface area contributed by atoms with Crippen LogP contribution in [0.1, 0.15) is 25.3 Å². The average Bonchev–Trinajstić information content (AvgIpc) is 2.88. The number of hydrogen-bond acceptors (Lipinski definition) is 3. The molecule has 7 heteroatoms. The van der Waals surface area contributed by atoms with Gasteiger partial charge in [-0.1, -0.05) is 11.6 Å². The molecule has 1 aromatic heterocycles. The zero-order chi connectivity index (χ0) is 12.2. The summed E-state index contributed by atoms with van der Waals surface area (Å²) in [4.78, 5) is 25.5. The molecule has 2 saturated heterocycles. The molecule has 0 saturated carbocycles. The molecule has 0 spiro atoms. The van der Waals surface area contributed by atoms with Crippen LogP contribution in [0, 0.1) is 5.82 Å². The molecule has 0 amide bonds. The van der Waals surface area contributed by atoms with Crippen molar-refractivity contribution >= 4 is 11.6 Å². The highest BCUT2D eigenvalue weighted by molar-refractivity contribution is 6.29. The Morgan fingerprint density at radius 1 is 1.41 bits per heavy atom. The van der Waals surface area contributed by atoms with E-state index in [1.54, 1.807) is 0 Å². The van der Waals surface area contributed by atoms with Crippen LogP contribution in [-0.4, -0.2) is 21.8 Å². The maximum Gasteiger partial charge on any atom is 0.329 e. The number of H-pyrrole nitrogens is 1. The molecule has 0 aromatic carbocycles. The van der Waals surface area contributed by atoms with Gasteiger partial charge in [-0.05, 0) is 19.3 Å². The summed E-state index contributed by atoms with van der Waals surface area (Å²) in [5.41, 5.74) is -1.65. The first kappa shape index (κ1) is 11.0. The number of nitrogens with zero attached hydrogens (tertiary/aromatic N) is 1. The van der Waals surface area contributed by atoms with Crippen molar-refractivity contribution in [3.63, 3.8) is 0 Å². The van der Waals surface area contributed by atoms with E-state index in [1.165, 1.54) is 0 Å². The van der Waals surface area contributed by atoms with Gasteiger partial charge in [0.15, 0.2) is 5.15 Å². The van der Waals surface area contributed by atoms with Gasteiger partial charge in [-0.3, -0.25) is 14.3 Å². The van der Waals surface area contributed by atoms with Crippen LogP contribution >= 0.6 is 11.6 Å². The van der Waals surface area contributed by atoms with Gasteiger partial charge >= 0.3 is 5.69 Å². The van der Waals surface area contributed by atoms with Gasteiger partial charge in [0.25, 0.3) is 5.56 Å². The molecule has 2 aliphatic rings. The van der Waals surface area contributed by atoms with Gasteiger partial charge in [0.2, 0.25) is 5.82 Å². The first-order valence-electron chi connectivity index (χ1n) is 5.43. The number of hydrogen-bond donors (Lipinski definition) is 1. The number of aromatic amines is 1. The number of fused-ring (bicyclic) bond motifs is 2. The molecule has 2 fully saturated rings. The Balaban J connectivity index is 2.13. The number of nitrogens with one attached hydrogen (secondary N) is 1. The van der Waals surface area contributed by atoms with Crippen molar-refractivity contribution < 1.29 is 9.13 Å². The highest BCUT2D eigenvalue weighted by Gasteiger charge is 2.43. The molecular weight excluding hydrogens is 251 g/mol. The topological polar surface area (TPSA) is 64.1 Å². The first-order valence-corrected chi connectivity index (χ1v) is 5.81. The third-order valence-corrected chi connectivity index (χ3v) is 3.70. The van der Waals surface area contributed by atoms with Gasteiger partial charge in [0.1, 0.15) is 0 Å². The van der Waals surface area contributed by atoms with Crippen molar-refractivity contribution in [2.75, 3.05) is 0 Å². The smallest absolute Gasteiger partial charge is 0.329 e. The summed E-state index contributed by atoms with van der Waals surface area (Å²) in [7, 11) is 0. The van der Waals surface area contributed by atoms with Crippen molar-refractivity contribution in [2.24, 2.45) is 0 Å². The number of aromatic nitrogens is 2. The molecule has 2 bridgehead atoms. The fourth-order valence-corrected chi connectivity index (χ4v) is 2.85. The third kappa shape index (κ3) is 1.55. The number of halogens is 2. The van der Waals surface area contributed by atoms with Crippen molar-refractivity contribution in [3.8, 4) is 0 Å². The van der Waals surface area contributed by atoms with Crippen LogP contribution in [0.2, 0.25) is 5.15 Å². The minimum atomic E-state index is -1.12. The van der Waals surface area contributed by atoms with E-state index < -0.39 is 22.2 Å². The fourth-order valence-electron chi connectivity index (χ4n) is 2.68. The summed E-state index contributed by atoms with van der Waals surface area (Å²) in [5, 5.41) is -0.541. The summed E-state index contributed by atoms with van der Waals surface area (Å²) < 4.78 is 19.8. The Morgan fingerprint density at radius 3 is 2.76 bits per heavy atom. The van der Waals surface area contributed by atoms with E-state index in [2.05, 4.69) is 4.98 Å². The predicted molar refractivity (Wildman–Crippen MR) is 57.8 cm³/mol. The largest absolute Gasteiger partial charge is 0.373 e. The standard InChI is InChI=1S/C10H10ClFN2O3/c11-8-7(12)9(15)14(10(16)13-8)5-3-4-1-2-6(5)17-4/h4-6H,1-3H2,(H,13,16). The van der Waals surface area contributed by atoms with Crippen LogP contribution < -0.4 is 11.2 Å². The van der Waals surface area contributed by atoms with E-state index in [0.29, 0.717) is 6.42 Å². The summed E-state index contributed by atoms with van der Waals surface area (Å²) in [6.07, 6.45) is 2.22. The second-order valence-electron chi connectivity index (χ2n) is 4.41. The molecule has 3 unspecified atom stereocenters. The lowest BCUT2D eigenvalue weighted by molar-refractivity contribution is 0.0926. The molecular formula is C10H10ClFN2O3. The van der Waals surface area contributed by atoms with Crippen LogP contribution in [0.4, 0.5) is 4.39 Å². The predicted octanol–water partition coefficient (Wildman–Crippen LogP) is 0.822. The molecule has 5 nitrogen and oxygen atoms in total. The molecule has 3 rings (SSSR count). The van der Waals surface area contributed by atoms with Crippen LogP contribution in [0.15, 0.2) is 9.59 Å². The minimum Gasteiger partial charge on any atom is -0.373 e. The molecule has 1 aromatic rings. The fraction of sp³-hybridized carbons (Fsp3) is 0.600. The van der Waals surface area contributed by atoms with E-state index in [0.717, 1.165) is 17.4 Å². The van der Waals surface area contributed by atoms with Gasteiger partial charge in [0, 0.05) is 0 Å². The normalized spacial score (nSPS) is 31.1. The van der Waals surface area contributed by atoms with Gasteiger partial charge in [-0.2, -0.15) is 4.39 Å². The van der Waals surface area contributed by atoms with E-state index in [1.807, 2.05) is 0 Å². The molecule has 92 valence electrons. The Kier molecular flexibility index (Phi) is 2.38. The second-order valence-corrected chi connectivity index (χ2v) is 4.79. The van der Waals surface area contributed by atoms with Crippen molar-refractivity contribution in [1.82, 2.24) is 9.55 Å². The van der Waals surface area contributed by atoms with E-state index in [-0.39, 0.29) is 18.2 Å². The van der Waals surface area contributed by atoms with Crippen molar-refractivity contribution in [1.29, 1.82) is 0 Å². The molecule has 17 heavy (non-hydrogen) atoms. The van der Waals surface area contributed by atoms with Crippen molar-refractivity contribution in [2.45, 2.75) is 37.5 Å². The minimum absolute atomic E-state index is 0.0787. The van der Waals surface area contributed by atoms with Crippen LogP contribution in [-0.2, 0) is 4.74 Å². The first-order chi connectivity index (χ1) is 8.08. The van der Waals surface area contributed by atoms with E-state index in [4.69, 9.17) is 16.3 Å². The molecule has 2 aliphatic heterocycles. The highest BCUT2D eigenvalue weighted by atomic mass is 35.5. The van der Waals surface area contributed by atoms with Gasteiger partial charge in [-0.15, -0.1) is 0 Å². The quantitative estimate of drug-likeness (QED) is 0.761. The maximum atomic E-state index is 13.4. The third-order valence-electron chi connectivity index (χ3n) is 3.44. The lowest BCUT2D eigenvalue weighted by Gasteiger charge is -2.20. The lowest BCUT2D eigenvalue weighted by atomic mass is 9.95. The molecule has 3 heterocycles. The monoisotopic (exact) mass is 260 g/mol. The van der Waals surface area contributed by atoms with Gasteiger partial charge < -0.3 is 4.74 Å². The Hall–Kier alpha value is -1.14. The van der Waals surface area contributed by atoms with E-state index in [9.17, 15) is 14.0 Å². The maximum absolute atomic E-state index is 13.4. The Morgan fingerprint density at radius 2 is 2.18 bits per heavy atom. The molecule has 1 N–H and O–H groups in total. The zero-order valence-electron chi connectivity index (χ0n) is 8.78. The molecule has 3 atom stereocenters. The van der Waals surface area contributed by atoms with E-state index >= 15 is 0 Å². The SMILES string of the molecule is O=c1[nH]c(Cl)c(F)c(=O)n1C1CC2CCC1O2. The highest BCUT2D eigenvalue weighted by Crippen LogP contribution is 2.40. The Bertz CT molecular complexity index is 582. The van der Waals surface area contributed by atoms with Gasteiger partial charge in [0.05, 0.1) is 18.2 Å². The number of ether oxygens (including phenoxy) is 1. The van der Waals surface area contributed by atoms with Crippen LogP contribution in [0.25, 0.3) is 0 Å². The Labute approximate surface area is 100 Å². The summed E-state index contributed by atoms with van der Waals surface area (Å²) in [6.45, 7) is 0. The zero-order valence-corrected chi connectivity index (χ0v) is 9.54.